The van der Waals surface area contributed by atoms with E-state index in [4.69, 9.17) is 26.2 Å². The summed E-state index contributed by atoms with van der Waals surface area (Å²) in [6.07, 6.45) is 3.06. The second-order valence-corrected chi connectivity index (χ2v) is 3.96. The largest absolute Gasteiger partial charge is 0.466 e. The molecule has 2 N–H and O–H groups in total. The van der Waals surface area contributed by atoms with Crippen molar-refractivity contribution in [2.75, 3.05) is 0 Å². The van der Waals surface area contributed by atoms with Gasteiger partial charge < -0.3 is 14.6 Å². The molecule has 0 saturated heterocycles. The van der Waals surface area contributed by atoms with Crippen molar-refractivity contribution in [2.24, 2.45) is 5.73 Å². The van der Waals surface area contributed by atoms with Crippen molar-refractivity contribution >= 4 is 27.5 Å². The molecular formula is C9H7BrClNO2. The smallest absolute Gasteiger partial charge is 0.198 e. The molecule has 2 aromatic rings. The van der Waals surface area contributed by atoms with Crippen LogP contribution in [0.1, 0.15) is 17.4 Å². The van der Waals surface area contributed by atoms with Gasteiger partial charge in [0.1, 0.15) is 5.76 Å². The van der Waals surface area contributed by atoms with Crippen LogP contribution in [0.25, 0.3) is 0 Å². The van der Waals surface area contributed by atoms with Gasteiger partial charge in [-0.1, -0.05) is 0 Å². The third-order valence-corrected chi connectivity index (χ3v) is 2.87. The molecule has 0 aliphatic carbocycles. The number of halogens is 2. The topological polar surface area (TPSA) is 52.3 Å². The first-order chi connectivity index (χ1) is 6.70. The summed E-state index contributed by atoms with van der Waals surface area (Å²) in [5.41, 5.74) is 6.65. The molecule has 14 heavy (non-hydrogen) atoms. The van der Waals surface area contributed by atoms with E-state index in [-0.39, 0.29) is 0 Å². The summed E-state index contributed by atoms with van der Waals surface area (Å²) in [6.45, 7) is 0. The van der Waals surface area contributed by atoms with Crippen molar-refractivity contribution in [1.82, 2.24) is 0 Å². The van der Waals surface area contributed by atoms with Crippen LogP contribution in [0.2, 0.25) is 5.22 Å². The first-order valence-electron chi connectivity index (χ1n) is 3.91. The van der Waals surface area contributed by atoms with E-state index < -0.39 is 6.04 Å². The Morgan fingerprint density at radius 3 is 2.50 bits per heavy atom. The zero-order valence-electron chi connectivity index (χ0n) is 7.04. The Hall–Kier alpha value is -0.710. The van der Waals surface area contributed by atoms with Gasteiger partial charge in [0.05, 0.1) is 23.0 Å². The normalized spacial score (nSPS) is 13.1. The Labute approximate surface area is 94.0 Å². The summed E-state index contributed by atoms with van der Waals surface area (Å²) in [4.78, 5) is 0. The standard InChI is InChI=1S/C9H7BrClNO2/c10-6-2-4-13-8(6)7(12)5-1-3-14-9(5)11/h1-4,7H,12H2. The summed E-state index contributed by atoms with van der Waals surface area (Å²) in [7, 11) is 0. The van der Waals surface area contributed by atoms with Crippen molar-refractivity contribution < 1.29 is 8.83 Å². The van der Waals surface area contributed by atoms with Gasteiger partial charge in [-0.2, -0.15) is 0 Å². The second kappa shape index (κ2) is 3.81. The van der Waals surface area contributed by atoms with Crippen LogP contribution >= 0.6 is 27.5 Å². The van der Waals surface area contributed by atoms with Gasteiger partial charge in [-0.25, -0.2) is 0 Å². The number of furan rings is 2. The van der Waals surface area contributed by atoms with E-state index in [0.29, 0.717) is 16.5 Å². The quantitative estimate of drug-likeness (QED) is 0.915. The maximum atomic E-state index is 5.94. The van der Waals surface area contributed by atoms with Crippen LogP contribution in [0.5, 0.6) is 0 Å². The summed E-state index contributed by atoms with van der Waals surface area (Å²) in [5, 5.41) is 0.292. The Morgan fingerprint density at radius 2 is 2.00 bits per heavy atom. The molecule has 2 aromatic heterocycles. The molecule has 1 atom stereocenters. The first-order valence-corrected chi connectivity index (χ1v) is 5.08. The zero-order chi connectivity index (χ0) is 10.1. The molecular weight excluding hydrogens is 269 g/mol. The molecule has 0 saturated carbocycles. The average molecular weight is 277 g/mol. The Bertz CT molecular complexity index is 397. The lowest BCUT2D eigenvalue weighted by Gasteiger charge is -2.06. The van der Waals surface area contributed by atoms with Gasteiger partial charge in [0, 0.05) is 5.56 Å². The van der Waals surface area contributed by atoms with Gasteiger partial charge in [-0.3, -0.25) is 0 Å². The molecule has 1 unspecified atom stereocenters. The number of rotatable bonds is 2. The predicted molar refractivity (Wildman–Crippen MR) is 56.2 cm³/mol. The fourth-order valence-corrected chi connectivity index (χ4v) is 1.88. The highest BCUT2D eigenvalue weighted by Crippen LogP contribution is 2.31. The van der Waals surface area contributed by atoms with E-state index in [1.54, 1.807) is 18.4 Å². The summed E-state index contributed by atoms with van der Waals surface area (Å²) in [6, 6.07) is 3.09. The maximum absolute atomic E-state index is 5.94. The number of hydrogen-bond donors (Lipinski definition) is 1. The highest BCUT2D eigenvalue weighted by atomic mass is 79.9. The zero-order valence-corrected chi connectivity index (χ0v) is 9.38. The fraction of sp³-hybridized carbons (Fsp3) is 0.111. The average Bonchev–Trinajstić information content (AvgIpc) is 2.73. The minimum atomic E-state index is -0.411. The van der Waals surface area contributed by atoms with Crippen LogP contribution in [0, 0.1) is 0 Å². The van der Waals surface area contributed by atoms with Gasteiger partial charge in [-0.05, 0) is 39.7 Å². The summed E-state index contributed by atoms with van der Waals surface area (Å²) < 4.78 is 11.0. The molecule has 5 heteroatoms. The molecule has 2 rings (SSSR count). The second-order valence-electron chi connectivity index (χ2n) is 2.76. The van der Waals surface area contributed by atoms with Crippen LogP contribution in [0.3, 0.4) is 0 Å². The lowest BCUT2D eigenvalue weighted by Crippen LogP contribution is -2.10. The third kappa shape index (κ3) is 1.61. The van der Waals surface area contributed by atoms with Gasteiger partial charge >= 0.3 is 0 Å². The Kier molecular flexibility index (Phi) is 2.67. The molecule has 0 aromatic carbocycles. The molecule has 0 spiro atoms. The van der Waals surface area contributed by atoms with Crippen molar-refractivity contribution in [2.45, 2.75) is 6.04 Å². The molecule has 0 radical (unpaired) electrons. The molecule has 0 amide bonds. The molecule has 0 aliphatic heterocycles. The van der Waals surface area contributed by atoms with E-state index in [1.807, 2.05) is 0 Å². The highest BCUT2D eigenvalue weighted by molar-refractivity contribution is 9.10. The lowest BCUT2D eigenvalue weighted by atomic mass is 10.1. The van der Waals surface area contributed by atoms with Crippen LogP contribution in [-0.4, -0.2) is 0 Å². The Balaban J connectivity index is 2.38. The van der Waals surface area contributed by atoms with Crippen molar-refractivity contribution in [1.29, 1.82) is 0 Å². The fourth-order valence-electron chi connectivity index (χ4n) is 1.20. The van der Waals surface area contributed by atoms with E-state index in [1.165, 1.54) is 6.26 Å². The molecule has 2 heterocycles. The monoisotopic (exact) mass is 275 g/mol. The minimum absolute atomic E-state index is 0.292. The SMILES string of the molecule is NC(c1ccoc1Cl)c1occc1Br. The molecule has 0 fully saturated rings. The first kappa shape index (κ1) is 9.83. The van der Waals surface area contributed by atoms with E-state index in [9.17, 15) is 0 Å². The summed E-state index contributed by atoms with van der Waals surface area (Å²) in [5.74, 6) is 0.633. The molecule has 3 nitrogen and oxygen atoms in total. The molecule has 0 bridgehead atoms. The Morgan fingerprint density at radius 1 is 1.29 bits per heavy atom. The molecule has 0 aliphatic rings. The van der Waals surface area contributed by atoms with Crippen LogP contribution < -0.4 is 5.73 Å². The predicted octanol–water partition coefficient (Wildman–Crippen LogP) is 3.34. The van der Waals surface area contributed by atoms with Gasteiger partial charge in [0.15, 0.2) is 5.22 Å². The van der Waals surface area contributed by atoms with Crippen molar-refractivity contribution in [3.8, 4) is 0 Å². The van der Waals surface area contributed by atoms with E-state index >= 15 is 0 Å². The van der Waals surface area contributed by atoms with E-state index in [0.717, 1.165) is 4.47 Å². The third-order valence-electron chi connectivity index (χ3n) is 1.91. The van der Waals surface area contributed by atoms with Crippen molar-refractivity contribution in [3.63, 3.8) is 0 Å². The molecule has 74 valence electrons. The maximum Gasteiger partial charge on any atom is 0.198 e. The van der Waals surface area contributed by atoms with Crippen LogP contribution in [0.15, 0.2) is 38.0 Å². The van der Waals surface area contributed by atoms with Gasteiger partial charge in [0.2, 0.25) is 0 Å². The number of hydrogen-bond acceptors (Lipinski definition) is 3. The van der Waals surface area contributed by atoms with Crippen LogP contribution in [0.4, 0.5) is 0 Å². The van der Waals surface area contributed by atoms with Crippen LogP contribution in [-0.2, 0) is 0 Å². The van der Waals surface area contributed by atoms with Gasteiger partial charge in [0.25, 0.3) is 0 Å². The van der Waals surface area contributed by atoms with Gasteiger partial charge in [-0.15, -0.1) is 0 Å². The van der Waals surface area contributed by atoms with Crippen molar-refractivity contribution in [3.05, 3.63) is 45.7 Å². The minimum Gasteiger partial charge on any atom is -0.466 e. The van der Waals surface area contributed by atoms with E-state index in [2.05, 4.69) is 15.9 Å². The highest BCUT2D eigenvalue weighted by Gasteiger charge is 2.19. The summed E-state index contributed by atoms with van der Waals surface area (Å²) >= 11 is 9.13. The lowest BCUT2D eigenvalue weighted by molar-refractivity contribution is 0.484. The number of nitrogens with two attached hydrogens (primary N) is 1.